The summed E-state index contributed by atoms with van der Waals surface area (Å²) in [5.41, 5.74) is 0.937. The average Bonchev–Trinajstić information content (AvgIpc) is 2.66. The second-order valence-corrected chi connectivity index (χ2v) is 4.07. The van der Waals surface area contributed by atoms with Crippen molar-refractivity contribution in [1.29, 1.82) is 0 Å². The minimum Gasteiger partial charge on any atom is -0.258 e. The van der Waals surface area contributed by atoms with Gasteiger partial charge >= 0.3 is 5.69 Å². The van der Waals surface area contributed by atoms with Gasteiger partial charge < -0.3 is 0 Å². The minimum atomic E-state index is -0.494. The molecule has 0 aliphatic rings. The maximum atomic E-state index is 10.5. The molecule has 2 heterocycles. The molecule has 0 aromatic carbocycles. The van der Waals surface area contributed by atoms with Gasteiger partial charge in [-0.25, -0.2) is 9.67 Å². The molecule has 0 N–H and O–H groups in total. The first-order valence-electron chi connectivity index (χ1n) is 4.39. The van der Waals surface area contributed by atoms with Gasteiger partial charge in [0.05, 0.1) is 9.40 Å². The fourth-order valence-corrected chi connectivity index (χ4v) is 1.86. The normalized spacial score (nSPS) is 10.4. The lowest BCUT2D eigenvalue weighted by atomic mass is 10.3. The van der Waals surface area contributed by atoms with Crippen molar-refractivity contribution in [3.8, 4) is 5.82 Å². The molecule has 0 aliphatic heterocycles. The summed E-state index contributed by atoms with van der Waals surface area (Å²) >= 11 is 3.34. The third-order valence-electron chi connectivity index (χ3n) is 1.96. The van der Waals surface area contributed by atoms with Crippen LogP contribution >= 0.6 is 15.9 Å². The van der Waals surface area contributed by atoms with Crippen molar-refractivity contribution >= 4 is 21.6 Å². The molecule has 0 unspecified atom stereocenters. The molecule has 0 amide bonds. The number of hydrogen-bond donors (Lipinski definition) is 0. The number of halogens is 1. The molecule has 2 aromatic heterocycles. The van der Waals surface area contributed by atoms with E-state index in [0.717, 1.165) is 10.0 Å². The van der Waals surface area contributed by atoms with Crippen LogP contribution in [0.15, 0.2) is 29.1 Å². The summed E-state index contributed by atoms with van der Waals surface area (Å²) in [5.74, 6) is 0.527. The third-order valence-corrected chi connectivity index (χ3v) is 2.54. The molecule has 0 fully saturated rings. The van der Waals surface area contributed by atoms with Gasteiger partial charge in [0, 0.05) is 6.20 Å². The molecule has 7 heteroatoms. The van der Waals surface area contributed by atoms with Gasteiger partial charge in [-0.1, -0.05) is 0 Å². The highest BCUT2D eigenvalue weighted by Crippen LogP contribution is 2.20. The average molecular weight is 283 g/mol. The lowest BCUT2D eigenvalue weighted by molar-refractivity contribution is -0.384. The largest absolute Gasteiger partial charge is 0.307 e. The maximum absolute atomic E-state index is 10.5. The quantitative estimate of drug-likeness (QED) is 0.625. The van der Waals surface area contributed by atoms with Crippen LogP contribution in [0.3, 0.4) is 0 Å². The Morgan fingerprint density at radius 3 is 2.81 bits per heavy atom. The number of pyridine rings is 1. The fourth-order valence-electron chi connectivity index (χ4n) is 1.22. The van der Waals surface area contributed by atoms with E-state index < -0.39 is 4.92 Å². The number of hydrogen-bond acceptors (Lipinski definition) is 4. The molecule has 6 nitrogen and oxygen atoms in total. The lowest BCUT2D eigenvalue weighted by Crippen LogP contribution is -1.99. The second kappa shape index (κ2) is 4.01. The molecule has 0 bridgehead atoms. The Morgan fingerprint density at radius 1 is 1.50 bits per heavy atom. The van der Waals surface area contributed by atoms with Gasteiger partial charge in [0.2, 0.25) is 0 Å². The van der Waals surface area contributed by atoms with Crippen LogP contribution in [0.5, 0.6) is 0 Å². The van der Waals surface area contributed by atoms with Gasteiger partial charge in [-0.15, -0.1) is 0 Å². The molecule has 2 aromatic rings. The Labute approximate surface area is 99.2 Å². The van der Waals surface area contributed by atoms with Crippen molar-refractivity contribution in [3.05, 3.63) is 44.8 Å². The first-order valence-corrected chi connectivity index (χ1v) is 5.19. The summed E-state index contributed by atoms with van der Waals surface area (Å²) in [4.78, 5) is 14.2. The molecule has 82 valence electrons. The van der Waals surface area contributed by atoms with Crippen LogP contribution in [-0.4, -0.2) is 19.7 Å². The van der Waals surface area contributed by atoms with Crippen LogP contribution in [0.4, 0.5) is 5.69 Å². The van der Waals surface area contributed by atoms with Crippen LogP contribution < -0.4 is 0 Å². The Bertz CT molecular complexity index is 552. The monoisotopic (exact) mass is 282 g/mol. The van der Waals surface area contributed by atoms with Gasteiger partial charge in [0.25, 0.3) is 0 Å². The summed E-state index contributed by atoms with van der Waals surface area (Å²) in [6, 6.07) is 1.87. The maximum Gasteiger partial charge on any atom is 0.307 e. The number of aryl methyl sites for hydroxylation is 1. The van der Waals surface area contributed by atoms with E-state index in [0.29, 0.717) is 5.82 Å². The van der Waals surface area contributed by atoms with Gasteiger partial charge in [-0.05, 0) is 34.5 Å². The molecule has 2 rings (SSSR count). The summed E-state index contributed by atoms with van der Waals surface area (Å²) < 4.78 is 2.10. The highest BCUT2D eigenvalue weighted by atomic mass is 79.9. The zero-order chi connectivity index (χ0) is 11.7. The molecule has 16 heavy (non-hydrogen) atoms. The Kier molecular flexibility index (Phi) is 2.69. The van der Waals surface area contributed by atoms with Gasteiger partial charge in [-0.3, -0.25) is 10.1 Å². The Hall–Kier alpha value is -1.76. The van der Waals surface area contributed by atoms with Gasteiger partial charge in [-0.2, -0.15) is 5.10 Å². The zero-order valence-corrected chi connectivity index (χ0v) is 9.88. The molecular weight excluding hydrogens is 276 g/mol. The highest BCUT2D eigenvalue weighted by Gasteiger charge is 2.12. The zero-order valence-electron chi connectivity index (χ0n) is 8.29. The molecule has 0 spiro atoms. The first kappa shape index (κ1) is 10.7. The first-order chi connectivity index (χ1) is 7.58. The standard InChI is InChI=1S/C9H7BrN4O2/c1-6-2-8(10)9(11-3-6)13-5-7(4-12-13)14(15)16/h2-5H,1H3. The molecule has 0 atom stereocenters. The van der Waals surface area contributed by atoms with Crippen molar-refractivity contribution in [2.24, 2.45) is 0 Å². The van der Waals surface area contributed by atoms with Crippen LogP contribution in [0.25, 0.3) is 5.82 Å². The lowest BCUT2D eigenvalue weighted by Gasteiger charge is -2.02. The summed E-state index contributed by atoms with van der Waals surface area (Å²) in [6.07, 6.45) is 4.18. The number of aromatic nitrogens is 3. The van der Waals surface area contributed by atoms with Crippen LogP contribution in [0.1, 0.15) is 5.56 Å². The van der Waals surface area contributed by atoms with Crippen LogP contribution in [0.2, 0.25) is 0 Å². The van der Waals surface area contributed by atoms with Crippen molar-refractivity contribution in [2.45, 2.75) is 6.92 Å². The topological polar surface area (TPSA) is 73.8 Å². The SMILES string of the molecule is Cc1cnc(-n2cc([N+](=O)[O-])cn2)c(Br)c1. The van der Waals surface area contributed by atoms with Crippen LogP contribution in [0, 0.1) is 17.0 Å². The molecule has 0 radical (unpaired) electrons. The highest BCUT2D eigenvalue weighted by molar-refractivity contribution is 9.10. The summed E-state index contributed by atoms with van der Waals surface area (Å²) in [6.45, 7) is 1.91. The molecule has 0 aliphatic carbocycles. The molecule has 0 saturated heterocycles. The van der Waals surface area contributed by atoms with Gasteiger partial charge in [0.15, 0.2) is 5.82 Å². The van der Waals surface area contributed by atoms with E-state index in [1.807, 2.05) is 13.0 Å². The second-order valence-electron chi connectivity index (χ2n) is 3.22. The van der Waals surface area contributed by atoms with E-state index in [9.17, 15) is 10.1 Å². The molecular formula is C9H7BrN4O2. The van der Waals surface area contributed by atoms with E-state index in [2.05, 4.69) is 26.0 Å². The Morgan fingerprint density at radius 2 is 2.25 bits per heavy atom. The number of nitro groups is 1. The van der Waals surface area contributed by atoms with Crippen molar-refractivity contribution < 1.29 is 4.92 Å². The minimum absolute atomic E-state index is 0.0609. The van der Waals surface area contributed by atoms with Crippen molar-refractivity contribution in [2.75, 3.05) is 0 Å². The van der Waals surface area contributed by atoms with E-state index in [1.165, 1.54) is 17.1 Å². The van der Waals surface area contributed by atoms with Gasteiger partial charge in [0.1, 0.15) is 12.4 Å². The fraction of sp³-hybridized carbons (Fsp3) is 0.111. The number of rotatable bonds is 2. The third kappa shape index (κ3) is 1.94. The summed E-state index contributed by atoms with van der Waals surface area (Å²) in [7, 11) is 0. The van der Waals surface area contributed by atoms with Crippen LogP contribution in [-0.2, 0) is 0 Å². The van der Waals surface area contributed by atoms with E-state index in [1.54, 1.807) is 6.20 Å². The smallest absolute Gasteiger partial charge is 0.258 e. The van der Waals surface area contributed by atoms with Crippen molar-refractivity contribution in [1.82, 2.24) is 14.8 Å². The predicted octanol–water partition coefficient (Wildman–Crippen LogP) is 2.25. The number of nitrogens with zero attached hydrogens (tertiary/aromatic N) is 4. The predicted molar refractivity (Wildman–Crippen MR) is 60.5 cm³/mol. The van der Waals surface area contributed by atoms with E-state index in [4.69, 9.17) is 0 Å². The van der Waals surface area contributed by atoms with E-state index >= 15 is 0 Å². The van der Waals surface area contributed by atoms with E-state index in [-0.39, 0.29) is 5.69 Å². The summed E-state index contributed by atoms with van der Waals surface area (Å²) in [5, 5.41) is 14.4. The molecule has 0 saturated carbocycles. The van der Waals surface area contributed by atoms with Crippen molar-refractivity contribution in [3.63, 3.8) is 0 Å². The Balaban J connectivity index is 2.46.